The number of carbonyl (C=O) groups excluding carboxylic acids is 1. The van der Waals surface area contributed by atoms with E-state index in [0.29, 0.717) is 11.5 Å². The molecule has 1 amide bonds. The molecule has 1 fully saturated rings. The lowest BCUT2D eigenvalue weighted by molar-refractivity contribution is -0.115. The highest BCUT2D eigenvalue weighted by molar-refractivity contribution is 7.80. The average Bonchev–Trinajstić information content (AvgIpc) is 3.41. The van der Waals surface area contributed by atoms with Crippen LogP contribution in [0.1, 0.15) is 59.2 Å². The minimum absolute atomic E-state index is 0.00375. The third-order valence-electron chi connectivity index (χ3n) is 7.33. The van der Waals surface area contributed by atoms with Crippen LogP contribution in [0.4, 0.5) is 11.4 Å². The summed E-state index contributed by atoms with van der Waals surface area (Å²) >= 11 is 5.95. The van der Waals surface area contributed by atoms with E-state index in [-0.39, 0.29) is 18.0 Å². The normalized spacial score (nSPS) is 17.0. The molecule has 2 aromatic heterocycles. The van der Waals surface area contributed by atoms with Crippen molar-refractivity contribution in [3.63, 3.8) is 0 Å². The molecule has 2 aromatic carbocycles. The number of benzene rings is 2. The second-order valence-corrected chi connectivity index (χ2v) is 10.2. The molecule has 1 saturated heterocycles. The van der Waals surface area contributed by atoms with Crippen molar-refractivity contribution in [2.45, 2.75) is 53.1 Å². The Hall–Kier alpha value is -3.97. The van der Waals surface area contributed by atoms with Gasteiger partial charge in [-0.1, -0.05) is 31.2 Å². The lowest BCUT2D eigenvalue weighted by Crippen LogP contribution is -2.29. The van der Waals surface area contributed by atoms with Crippen LogP contribution in [-0.2, 0) is 4.79 Å². The summed E-state index contributed by atoms with van der Waals surface area (Å²) in [5, 5.41) is 7.21. The van der Waals surface area contributed by atoms with Gasteiger partial charge in [-0.2, -0.15) is 0 Å². The van der Waals surface area contributed by atoms with Crippen LogP contribution in [0.15, 0.2) is 72.9 Å². The molecule has 0 saturated carbocycles. The highest BCUT2D eigenvalue weighted by Crippen LogP contribution is 2.44. The van der Waals surface area contributed by atoms with Gasteiger partial charge in [-0.3, -0.25) is 9.78 Å². The minimum atomic E-state index is -0.130. The van der Waals surface area contributed by atoms with E-state index in [4.69, 9.17) is 17.2 Å². The Labute approximate surface area is 229 Å². The Morgan fingerprint density at radius 1 is 1.00 bits per heavy atom. The number of thiocarbonyl (C=S) groups is 1. The number of amides is 1. The molecule has 2 atom stereocenters. The Bertz CT molecular complexity index is 1510. The van der Waals surface area contributed by atoms with Crippen molar-refractivity contribution < 1.29 is 4.79 Å². The maximum Gasteiger partial charge on any atom is 0.224 e. The first kappa shape index (κ1) is 25.7. The summed E-state index contributed by atoms with van der Waals surface area (Å²) < 4.78 is 2.33. The number of hydrogen-bond acceptors (Lipinski definition) is 3. The fourth-order valence-electron chi connectivity index (χ4n) is 5.40. The highest BCUT2D eigenvalue weighted by atomic mass is 32.1. The second kappa shape index (κ2) is 10.4. The topological polar surface area (TPSA) is 62.2 Å². The van der Waals surface area contributed by atoms with Crippen molar-refractivity contribution in [2.75, 3.05) is 10.2 Å². The zero-order valence-electron chi connectivity index (χ0n) is 22.4. The zero-order chi connectivity index (χ0) is 27.0. The van der Waals surface area contributed by atoms with Gasteiger partial charge in [0.15, 0.2) is 5.11 Å². The van der Waals surface area contributed by atoms with E-state index < -0.39 is 0 Å². The fourth-order valence-corrected chi connectivity index (χ4v) is 5.74. The van der Waals surface area contributed by atoms with Crippen LogP contribution >= 0.6 is 12.2 Å². The molecule has 0 aliphatic carbocycles. The first-order chi connectivity index (χ1) is 18.3. The van der Waals surface area contributed by atoms with Gasteiger partial charge >= 0.3 is 0 Å². The van der Waals surface area contributed by atoms with Crippen molar-refractivity contribution >= 4 is 34.6 Å². The van der Waals surface area contributed by atoms with Gasteiger partial charge in [-0.15, -0.1) is 0 Å². The van der Waals surface area contributed by atoms with E-state index in [1.807, 2.05) is 50.4 Å². The number of carbonyl (C=O) groups is 1. The quantitative estimate of drug-likeness (QED) is 0.278. The van der Waals surface area contributed by atoms with Gasteiger partial charge in [-0.05, 0) is 99.1 Å². The first-order valence-electron chi connectivity index (χ1n) is 13.0. The largest absolute Gasteiger partial charge is 0.351 e. The monoisotopic (exact) mass is 523 g/mol. The standard InChI is InChI=1S/C31H33N5OS/c1-6-28(37)33-25-15-14-23(17-20(25)3)36-30(29(34-31(36)38)26-12-9-10-16-32-26)24-18-21(4)35(22(24)5)27-13-8-7-11-19(27)2/h7-18,29-30H,6H2,1-5H3,(H,33,37)(H,34,38)/t29-,30-/m1/s1. The molecule has 0 radical (unpaired) electrons. The molecule has 4 aromatic rings. The summed E-state index contributed by atoms with van der Waals surface area (Å²) in [5.74, 6) is -0.00375. The van der Waals surface area contributed by atoms with Crippen molar-refractivity contribution in [1.82, 2.24) is 14.9 Å². The van der Waals surface area contributed by atoms with E-state index in [2.05, 4.69) is 77.3 Å². The van der Waals surface area contributed by atoms with Gasteiger partial charge in [0.2, 0.25) is 5.91 Å². The Kier molecular flexibility index (Phi) is 7.04. The van der Waals surface area contributed by atoms with Crippen molar-refractivity contribution in [2.24, 2.45) is 0 Å². The van der Waals surface area contributed by atoms with Gasteiger partial charge in [-0.25, -0.2) is 0 Å². The van der Waals surface area contributed by atoms with Crippen LogP contribution in [0.5, 0.6) is 0 Å². The van der Waals surface area contributed by atoms with Crippen molar-refractivity contribution in [3.8, 4) is 5.69 Å². The molecule has 1 aliphatic rings. The van der Waals surface area contributed by atoms with Gasteiger partial charge < -0.3 is 20.1 Å². The molecule has 5 rings (SSSR count). The summed E-state index contributed by atoms with van der Waals surface area (Å²) in [5.41, 5.74) is 9.63. The number of pyridine rings is 1. The number of hydrogen-bond donors (Lipinski definition) is 2. The molecule has 0 spiro atoms. The maximum atomic E-state index is 12.0. The SMILES string of the molecule is CCC(=O)Nc1ccc(N2C(=S)N[C@H](c3ccccn3)[C@H]2c2cc(C)n(-c3ccccc3C)c2C)cc1C. The Morgan fingerprint density at radius 3 is 2.45 bits per heavy atom. The zero-order valence-corrected chi connectivity index (χ0v) is 23.3. The Morgan fingerprint density at radius 2 is 1.76 bits per heavy atom. The lowest BCUT2D eigenvalue weighted by atomic mass is 9.96. The fraction of sp³-hybridized carbons (Fsp3) is 0.258. The van der Waals surface area contributed by atoms with Crippen molar-refractivity contribution in [3.05, 3.63) is 107 Å². The molecule has 194 valence electrons. The molecule has 6 nitrogen and oxygen atoms in total. The van der Waals surface area contributed by atoms with E-state index in [1.54, 1.807) is 0 Å². The molecular formula is C31H33N5OS. The van der Waals surface area contributed by atoms with Gasteiger partial charge in [0.1, 0.15) is 0 Å². The molecule has 1 aliphatic heterocycles. The summed E-state index contributed by atoms with van der Waals surface area (Å²) in [6, 6.07) is 22.6. The van der Waals surface area contributed by atoms with E-state index >= 15 is 0 Å². The summed E-state index contributed by atoms with van der Waals surface area (Å²) in [7, 11) is 0. The number of para-hydroxylation sites is 1. The summed E-state index contributed by atoms with van der Waals surface area (Å²) in [4.78, 5) is 18.9. The summed E-state index contributed by atoms with van der Waals surface area (Å²) in [6.07, 6.45) is 2.26. The van der Waals surface area contributed by atoms with E-state index in [0.717, 1.165) is 28.3 Å². The number of nitrogens with zero attached hydrogens (tertiary/aromatic N) is 3. The molecular weight excluding hydrogens is 490 g/mol. The predicted molar refractivity (Wildman–Crippen MR) is 158 cm³/mol. The Balaban J connectivity index is 1.64. The van der Waals surface area contributed by atoms with Crippen LogP contribution in [0.2, 0.25) is 0 Å². The molecule has 0 bridgehead atoms. The lowest BCUT2D eigenvalue weighted by Gasteiger charge is -2.29. The third-order valence-corrected chi connectivity index (χ3v) is 7.64. The minimum Gasteiger partial charge on any atom is -0.351 e. The van der Waals surface area contributed by atoms with Gasteiger partial charge in [0.25, 0.3) is 0 Å². The molecule has 7 heteroatoms. The smallest absolute Gasteiger partial charge is 0.224 e. The highest BCUT2D eigenvalue weighted by Gasteiger charge is 2.42. The average molecular weight is 524 g/mol. The molecule has 2 N–H and O–H groups in total. The van der Waals surface area contributed by atoms with Crippen LogP contribution in [0.3, 0.4) is 0 Å². The molecule has 0 unspecified atom stereocenters. The van der Waals surface area contributed by atoms with E-state index in [9.17, 15) is 4.79 Å². The number of aryl methyl sites for hydroxylation is 3. The maximum absolute atomic E-state index is 12.0. The first-order valence-corrected chi connectivity index (χ1v) is 13.4. The van der Waals surface area contributed by atoms with Gasteiger partial charge in [0.05, 0.1) is 17.8 Å². The van der Waals surface area contributed by atoms with Crippen LogP contribution < -0.4 is 15.5 Å². The van der Waals surface area contributed by atoms with Crippen LogP contribution in [-0.4, -0.2) is 20.6 Å². The molecule has 3 heterocycles. The number of anilines is 2. The van der Waals surface area contributed by atoms with Crippen LogP contribution in [0, 0.1) is 27.7 Å². The van der Waals surface area contributed by atoms with E-state index in [1.165, 1.54) is 22.5 Å². The van der Waals surface area contributed by atoms with Crippen LogP contribution in [0.25, 0.3) is 5.69 Å². The molecule has 38 heavy (non-hydrogen) atoms. The van der Waals surface area contributed by atoms with Crippen molar-refractivity contribution in [1.29, 1.82) is 0 Å². The predicted octanol–water partition coefficient (Wildman–Crippen LogP) is 6.63. The number of rotatable bonds is 6. The number of nitrogens with one attached hydrogen (secondary N) is 2. The van der Waals surface area contributed by atoms with Gasteiger partial charge in [0, 0.05) is 41.1 Å². The second-order valence-electron chi connectivity index (χ2n) is 9.85. The third kappa shape index (κ3) is 4.58. The number of aromatic nitrogens is 2. The summed E-state index contributed by atoms with van der Waals surface area (Å²) in [6.45, 7) is 10.3.